The van der Waals surface area contributed by atoms with Gasteiger partial charge in [-0.15, -0.1) is 0 Å². The highest BCUT2D eigenvalue weighted by molar-refractivity contribution is 5.98. The summed E-state index contributed by atoms with van der Waals surface area (Å²) in [5.41, 5.74) is 2.54. The average Bonchev–Trinajstić information content (AvgIpc) is 2.66. The zero-order chi connectivity index (χ0) is 18.7. The lowest BCUT2D eigenvalue weighted by Gasteiger charge is -2.34. The highest BCUT2D eigenvalue weighted by atomic mass is 16.5. The van der Waals surface area contributed by atoms with Gasteiger partial charge in [0.15, 0.2) is 6.10 Å². The molecular weight excluding hydrogens is 332 g/mol. The predicted molar refractivity (Wildman–Crippen MR) is 98.7 cm³/mol. The van der Waals surface area contributed by atoms with Crippen molar-refractivity contribution >= 4 is 17.5 Å². The van der Waals surface area contributed by atoms with E-state index < -0.39 is 6.10 Å². The van der Waals surface area contributed by atoms with E-state index in [1.54, 1.807) is 25.1 Å². The lowest BCUT2D eigenvalue weighted by molar-refractivity contribution is -0.127. The van der Waals surface area contributed by atoms with Crippen molar-refractivity contribution in [3.05, 3.63) is 53.6 Å². The van der Waals surface area contributed by atoms with Crippen molar-refractivity contribution in [3.63, 3.8) is 0 Å². The number of likely N-dealkylation sites (N-methyl/N-ethyl adjacent to an activating group) is 1. The van der Waals surface area contributed by atoms with Gasteiger partial charge >= 0.3 is 0 Å². The molecule has 1 heterocycles. The summed E-state index contributed by atoms with van der Waals surface area (Å²) in [6.07, 6.45) is -0.558. The van der Waals surface area contributed by atoms with Crippen LogP contribution in [0.3, 0.4) is 0 Å². The normalized spacial score (nSPS) is 15.7. The van der Waals surface area contributed by atoms with Crippen LogP contribution in [0, 0.1) is 6.92 Å². The summed E-state index contributed by atoms with van der Waals surface area (Å²) in [7, 11) is 3.14. The van der Waals surface area contributed by atoms with Gasteiger partial charge in [-0.1, -0.05) is 29.8 Å². The average molecular weight is 354 g/mol. The Balaban J connectivity index is 1.90. The number of aryl methyl sites for hydroxylation is 1. The Bertz CT molecular complexity index is 834. The van der Waals surface area contributed by atoms with Crippen LogP contribution >= 0.6 is 0 Å². The summed E-state index contributed by atoms with van der Waals surface area (Å²) >= 11 is 0. The van der Waals surface area contributed by atoms with Crippen molar-refractivity contribution in [2.24, 2.45) is 0 Å². The molecule has 1 N–H and O–H groups in total. The highest BCUT2D eigenvalue weighted by Gasteiger charge is 2.33. The van der Waals surface area contributed by atoms with E-state index in [2.05, 4.69) is 5.32 Å². The number of anilines is 1. The van der Waals surface area contributed by atoms with Crippen molar-refractivity contribution in [1.29, 1.82) is 0 Å². The molecule has 0 radical (unpaired) electrons. The molecule has 1 aliphatic rings. The van der Waals surface area contributed by atoms with Crippen molar-refractivity contribution in [3.8, 4) is 11.5 Å². The molecule has 0 saturated heterocycles. The molecule has 0 saturated carbocycles. The predicted octanol–water partition coefficient (Wildman–Crippen LogP) is 2.09. The zero-order valence-electron chi connectivity index (χ0n) is 15.1. The summed E-state index contributed by atoms with van der Waals surface area (Å²) in [5.74, 6) is 0.828. The summed E-state index contributed by atoms with van der Waals surface area (Å²) in [5, 5.41) is 2.58. The Hall–Kier alpha value is -3.02. The lowest BCUT2D eigenvalue weighted by atomic mass is 10.1. The first kappa shape index (κ1) is 17.8. The molecule has 136 valence electrons. The molecule has 1 atom stereocenters. The molecule has 2 amide bonds. The second-order valence-corrected chi connectivity index (χ2v) is 6.18. The number of methoxy groups -OCH3 is 1. The first-order valence-corrected chi connectivity index (χ1v) is 8.44. The SMILES string of the molecule is CNC(=O)[C@H]1CN(C(=O)Cc2cc(C)ccc2OC)c2ccccc2O1. The molecule has 0 aliphatic carbocycles. The topological polar surface area (TPSA) is 67.9 Å². The van der Waals surface area contributed by atoms with Crippen molar-refractivity contribution < 1.29 is 19.1 Å². The molecule has 6 nitrogen and oxygen atoms in total. The maximum Gasteiger partial charge on any atom is 0.262 e. The van der Waals surface area contributed by atoms with Crippen LogP contribution in [-0.2, 0) is 16.0 Å². The minimum atomic E-state index is -0.738. The van der Waals surface area contributed by atoms with E-state index in [-0.39, 0.29) is 24.8 Å². The van der Waals surface area contributed by atoms with Gasteiger partial charge in [0.05, 0.1) is 25.8 Å². The van der Waals surface area contributed by atoms with Gasteiger partial charge < -0.3 is 19.7 Å². The molecule has 6 heteroatoms. The van der Waals surface area contributed by atoms with Gasteiger partial charge in [-0.25, -0.2) is 0 Å². The van der Waals surface area contributed by atoms with Crippen LogP contribution in [0.15, 0.2) is 42.5 Å². The third kappa shape index (κ3) is 3.49. The fourth-order valence-corrected chi connectivity index (χ4v) is 3.07. The summed E-state index contributed by atoms with van der Waals surface area (Å²) in [6, 6.07) is 13.0. The number of amides is 2. The quantitative estimate of drug-likeness (QED) is 0.913. The van der Waals surface area contributed by atoms with E-state index in [0.29, 0.717) is 17.2 Å². The van der Waals surface area contributed by atoms with Crippen LogP contribution in [0.2, 0.25) is 0 Å². The third-order valence-electron chi connectivity index (χ3n) is 4.39. The zero-order valence-corrected chi connectivity index (χ0v) is 15.1. The van der Waals surface area contributed by atoms with Gasteiger partial charge in [0.1, 0.15) is 11.5 Å². The molecule has 26 heavy (non-hydrogen) atoms. The second-order valence-electron chi connectivity index (χ2n) is 6.18. The number of fused-ring (bicyclic) bond motifs is 1. The van der Waals surface area contributed by atoms with Crippen LogP contribution < -0.4 is 19.7 Å². The molecule has 2 aromatic rings. The molecule has 0 aromatic heterocycles. The number of carbonyl (C=O) groups is 2. The van der Waals surface area contributed by atoms with Crippen LogP contribution in [0.1, 0.15) is 11.1 Å². The fourth-order valence-electron chi connectivity index (χ4n) is 3.07. The van der Waals surface area contributed by atoms with Crippen LogP contribution in [0.25, 0.3) is 0 Å². The van der Waals surface area contributed by atoms with E-state index in [1.165, 1.54) is 0 Å². The lowest BCUT2D eigenvalue weighted by Crippen LogP contribution is -2.50. The Kier molecular flexibility index (Phi) is 5.11. The van der Waals surface area contributed by atoms with Crippen molar-refractivity contribution in [2.75, 3.05) is 25.6 Å². The second kappa shape index (κ2) is 7.47. The highest BCUT2D eigenvalue weighted by Crippen LogP contribution is 2.34. The molecule has 2 aromatic carbocycles. The molecule has 0 bridgehead atoms. The molecule has 3 rings (SSSR count). The van der Waals surface area contributed by atoms with Gasteiger partial charge in [-0.05, 0) is 25.1 Å². The van der Waals surface area contributed by atoms with Gasteiger partial charge in [0.2, 0.25) is 5.91 Å². The van der Waals surface area contributed by atoms with E-state index in [4.69, 9.17) is 9.47 Å². The number of benzene rings is 2. The van der Waals surface area contributed by atoms with Gasteiger partial charge in [0.25, 0.3) is 5.91 Å². The van der Waals surface area contributed by atoms with E-state index >= 15 is 0 Å². The number of hydrogen-bond donors (Lipinski definition) is 1. The van der Waals surface area contributed by atoms with Gasteiger partial charge in [-0.2, -0.15) is 0 Å². The smallest absolute Gasteiger partial charge is 0.262 e. The molecule has 1 aliphatic heterocycles. The number of ether oxygens (including phenoxy) is 2. The largest absolute Gasteiger partial charge is 0.496 e. The Morgan fingerprint density at radius 1 is 1.27 bits per heavy atom. The van der Waals surface area contributed by atoms with Crippen molar-refractivity contribution in [1.82, 2.24) is 5.32 Å². The minimum Gasteiger partial charge on any atom is -0.496 e. The Labute approximate surface area is 152 Å². The molecular formula is C20H22N2O4. The number of nitrogens with zero attached hydrogens (tertiary/aromatic N) is 1. The molecule has 0 unspecified atom stereocenters. The summed E-state index contributed by atoms with van der Waals surface area (Å²) in [6.45, 7) is 2.14. The van der Waals surface area contributed by atoms with Gasteiger partial charge in [-0.3, -0.25) is 9.59 Å². The summed E-state index contributed by atoms with van der Waals surface area (Å²) in [4.78, 5) is 26.7. The van der Waals surface area contributed by atoms with E-state index in [0.717, 1.165) is 11.1 Å². The monoisotopic (exact) mass is 354 g/mol. The fraction of sp³-hybridized carbons (Fsp3) is 0.300. The number of carbonyl (C=O) groups excluding carboxylic acids is 2. The maximum absolute atomic E-state index is 13.0. The third-order valence-corrected chi connectivity index (χ3v) is 4.39. The number of nitrogens with one attached hydrogen (secondary N) is 1. The van der Waals surface area contributed by atoms with Crippen LogP contribution in [-0.4, -0.2) is 38.6 Å². The number of hydrogen-bond acceptors (Lipinski definition) is 4. The maximum atomic E-state index is 13.0. The van der Waals surface area contributed by atoms with Gasteiger partial charge in [0, 0.05) is 12.6 Å². The van der Waals surface area contributed by atoms with Crippen LogP contribution in [0.4, 0.5) is 5.69 Å². The molecule has 0 fully saturated rings. The van der Waals surface area contributed by atoms with Crippen LogP contribution in [0.5, 0.6) is 11.5 Å². The summed E-state index contributed by atoms with van der Waals surface area (Å²) < 4.78 is 11.1. The first-order chi connectivity index (χ1) is 12.5. The van der Waals surface area contributed by atoms with Crippen molar-refractivity contribution in [2.45, 2.75) is 19.4 Å². The first-order valence-electron chi connectivity index (χ1n) is 8.44. The standard InChI is InChI=1S/C20H22N2O4/c1-13-8-9-16(25-3)14(10-13)11-19(23)22-12-18(20(24)21-2)26-17-7-5-4-6-15(17)22/h4-10,18H,11-12H2,1-3H3,(H,21,24)/t18-/m1/s1. The number of rotatable bonds is 4. The Morgan fingerprint density at radius 2 is 2.04 bits per heavy atom. The Morgan fingerprint density at radius 3 is 2.77 bits per heavy atom. The minimum absolute atomic E-state index is 0.112. The molecule has 0 spiro atoms. The number of para-hydroxylation sites is 2. The van der Waals surface area contributed by atoms with E-state index in [9.17, 15) is 9.59 Å². The van der Waals surface area contributed by atoms with E-state index in [1.807, 2.05) is 43.3 Å².